The van der Waals surface area contributed by atoms with Crippen molar-refractivity contribution in [1.82, 2.24) is 4.98 Å². The van der Waals surface area contributed by atoms with Crippen molar-refractivity contribution in [3.8, 4) is 0 Å². The fourth-order valence-electron chi connectivity index (χ4n) is 2.41. The molecule has 2 aromatic rings. The standard InChI is InChI=1S/C13H10N2O2/c16-7-14-8-4-5-9-10-2-1-3-12(17)13(10)15-11(9)6-8/h4-6,15H,1-3H2. The van der Waals surface area contributed by atoms with Gasteiger partial charge in [-0.2, -0.15) is 4.99 Å². The molecule has 1 aromatic carbocycles. The number of aliphatic imine (C=N–C) groups is 1. The van der Waals surface area contributed by atoms with Gasteiger partial charge in [-0.05, 0) is 30.5 Å². The van der Waals surface area contributed by atoms with E-state index in [1.165, 1.54) is 6.08 Å². The number of aromatic amines is 1. The number of ketones is 1. The van der Waals surface area contributed by atoms with Crippen molar-refractivity contribution >= 4 is 28.5 Å². The molecule has 1 aliphatic rings. The number of hydrogen-bond acceptors (Lipinski definition) is 3. The van der Waals surface area contributed by atoms with E-state index in [1.54, 1.807) is 12.1 Å². The average molecular weight is 226 g/mol. The Balaban J connectivity index is 2.26. The number of isocyanates is 1. The van der Waals surface area contributed by atoms with Crippen LogP contribution < -0.4 is 0 Å². The summed E-state index contributed by atoms with van der Waals surface area (Å²) in [5.41, 5.74) is 3.23. The van der Waals surface area contributed by atoms with Crippen LogP contribution in [0.4, 0.5) is 5.69 Å². The van der Waals surface area contributed by atoms with Crippen molar-refractivity contribution in [2.24, 2.45) is 4.99 Å². The molecule has 0 bridgehead atoms. The van der Waals surface area contributed by atoms with Gasteiger partial charge in [0.25, 0.3) is 0 Å². The van der Waals surface area contributed by atoms with Gasteiger partial charge in [-0.1, -0.05) is 6.07 Å². The van der Waals surface area contributed by atoms with Crippen LogP contribution in [0, 0.1) is 0 Å². The minimum Gasteiger partial charge on any atom is -0.352 e. The third-order valence-electron chi connectivity index (χ3n) is 3.17. The number of rotatable bonds is 1. The number of benzene rings is 1. The highest BCUT2D eigenvalue weighted by atomic mass is 16.1. The fourth-order valence-corrected chi connectivity index (χ4v) is 2.41. The predicted molar refractivity (Wildman–Crippen MR) is 63.3 cm³/mol. The number of hydrogen-bond donors (Lipinski definition) is 1. The van der Waals surface area contributed by atoms with Crippen molar-refractivity contribution in [2.75, 3.05) is 0 Å². The zero-order valence-electron chi connectivity index (χ0n) is 9.12. The number of Topliss-reactive ketones (excluding diaryl/α,β-unsaturated/α-hetero) is 1. The van der Waals surface area contributed by atoms with Crippen molar-refractivity contribution < 1.29 is 9.59 Å². The number of carbonyl (C=O) groups excluding carboxylic acids is 2. The molecule has 0 atom stereocenters. The van der Waals surface area contributed by atoms with Crippen LogP contribution in [-0.2, 0) is 11.2 Å². The van der Waals surface area contributed by atoms with Crippen LogP contribution in [0.15, 0.2) is 23.2 Å². The largest absolute Gasteiger partial charge is 0.352 e. The lowest BCUT2D eigenvalue weighted by molar-refractivity contribution is 0.0968. The predicted octanol–water partition coefficient (Wildman–Crippen LogP) is 2.65. The van der Waals surface area contributed by atoms with Gasteiger partial charge in [0.2, 0.25) is 6.08 Å². The van der Waals surface area contributed by atoms with E-state index in [-0.39, 0.29) is 5.78 Å². The van der Waals surface area contributed by atoms with Gasteiger partial charge in [-0.3, -0.25) is 4.79 Å². The van der Waals surface area contributed by atoms with Crippen LogP contribution in [0.1, 0.15) is 28.9 Å². The molecule has 1 aromatic heterocycles. The maximum atomic E-state index is 11.7. The molecule has 17 heavy (non-hydrogen) atoms. The molecule has 84 valence electrons. The molecule has 0 fully saturated rings. The van der Waals surface area contributed by atoms with Gasteiger partial charge in [0.05, 0.1) is 11.4 Å². The summed E-state index contributed by atoms with van der Waals surface area (Å²) in [6.07, 6.45) is 3.96. The lowest BCUT2D eigenvalue weighted by Crippen LogP contribution is -2.09. The summed E-state index contributed by atoms with van der Waals surface area (Å²) in [5, 5.41) is 1.05. The first-order chi connectivity index (χ1) is 8.29. The molecule has 0 spiro atoms. The zero-order valence-corrected chi connectivity index (χ0v) is 9.12. The maximum absolute atomic E-state index is 11.7. The SMILES string of the molecule is O=C=Nc1ccc2c3c([nH]c2c1)C(=O)CCC3. The van der Waals surface area contributed by atoms with E-state index in [2.05, 4.69) is 9.98 Å². The van der Waals surface area contributed by atoms with E-state index in [1.807, 2.05) is 6.07 Å². The van der Waals surface area contributed by atoms with Crippen LogP contribution >= 0.6 is 0 Å². The van der Waals surface area contributed by atoms with Gasteiger partial charge in [0.15, 0.2) is 5.78 Å². The molecular weight excluding hydrogens is 216 g/mol. The van der Waals surface area contributed by atoms with Crippen LogP contribution in [0.3, 0.4) is 0 Å². The molecule has 1 aliphatic carbocycles. The number of aromatic nitrogens is 1. The molecule has 4 heteroatoms. The van der Waals surface area contributed by atoms with E-state index in [0.29, 0.717) is 12.1 Å². The first-order valence-electron chi connectivity index (χ1n) is 5.55. The Morgan fingerprint density at radius 2 is 2.18 bits per heavy atom. The third-order valence-corrected chi connectivity index (χ3v) is 3.17. The van der Waals surface area contributed by atoms with Crippen LogP contribution in [-0.4, -0.2) is 16.8 Å². The quantitative estimate of drug-likeness (QED) is 0.600. The minimum absolute atomic E-state index is 0.169. The van der Waals surface area contributed by atoms with Gasteiger partial charge in [0.1, 0.15) is 0 Å². The van der Waals surface area contributed by atoms with Crippen LogP contribution in [0.25, 0.3) is 10.9 Å². The summed E-state index contributed by atoms with van der Waals surface area (Å²) in [4.78, 5) is 28.6. The fraction of sp³-hybridized carbons (Fsp3) is 0.231. The van der Waals surface area contributed by atoms with E-state index >= 15 is 0 Å². The van der Waals surface area contributed by atoms with E-state index < -0.39 is 0 Å². The highest BCUT2D eigenvalue weighted by Gasteiger charge is 2.21. The highest BCUT2D eigenvalue weighted by Crippen LogP contribution is 2.30. The van der Waals surface area contributed by atoms with Crippen molar-refractivity contribution in [2.45, 2.75) is 19.3 Å². The lowest BCUT2D eigenvalue weighted by Gasteiger charge is -2.09. The number of nitrogens with one attached hydrogen (secondary N) is 1. The van der Waals surface area contributed by atoms with Crippen molar-refractivity contribution in [1.29, 1.82) is 0 Å². The third kappa shape index (κ3) is 1.50. The second-order valence-electron chi connectivity index (χ2n) is 4.19. The Morgan fingerprint density at radius 1 is 1.29 bits per heavy atom. The van der Waals surface area contributed by atoms with E-state index in [4.69, 9.17) is 0 Å². The Morgan fingerprint density at radius 3 is 3.00 bits per heavy atom. The van der Waals surface area contributed by atoms with Crippen LogP contribution in [0.2, 0.25) is 0 Å². The molecule has 0 radical (unpaired) electrons. The van der Waals surface area contributed by atoms with E-state index in [9.17, 15) is 9.59 Å². The summed E-state index contributed by atoms with van der Waals surface area (Å²) < 4.78 is 0. The second-order valence-corrected chi connectivity index (χ2v) is 4.19. The molecule has 4 nitrogen and oxygen atoms in total. The molecule has 0 amide bonds. The molecule has 0 aliphatic heterocycles. The van der Waals surface area contributed by atoms with Gasteiger partial charge >= 0.3 is 0 Å². The molecular formula is C13H10N2O2. The normalized spacial score (nSPS) is 14.5. The Bertz CT molecular complexity index is 663. The van der Waals surface area contributed by atoms with E-state index in [0.717, 1.165) is 35.0 Å². The van der Waals surface area contributed by atoms with Crippen LogP contribution in [0.5, 0.6) is 0 Å². The molecule has 0 saturated heterocycles. The number of aryl methyl sites for hydroxylation is 1. The summed E-state index contributed by atoms with van der Waals surface area (Å²) >= 11 is 0. The molecule has 0 unspecified atom stereocenters. The monoisotopic (exact) mass is 226 g/mol. The molecule has 1 N–H and O–H groups in total. The first kappa shape index (κ1) is 10.00. The summed E-state index contributed by atoms with van der Waals surface area (Å²) in [7, 11) is 0. The van der Waals surface area contributed by atoms with Crippen molar-refractivity contribution in [3.05, 3.63) is 29.5 Å². The number of fused-ring (bicyclic) bond motifs is 3. The zero-order chi connectivity index (χ0) is 11.8. The van der Waals surface area contributed by atoms with Crippen molar-refractivity contribution in [3.63, 3.8) is 0 Å². The van der Waals surface area contributed by atoms with Gasteiger partial charge < -0.3 is 4.98 Å². The Hall–Kier alpha value is -2.19. The number of H-pyrrole nitrogens is 1. The van der Waals surface area contributed by atoms with Gasteiger partial charge in [0, 0.05) is 17.3 Å². The summed E-state index contributed by atoms with van der Waals surface area (Å²) in [6, 6.07) is 5.44. The summed E-state index contributed by atoms with van der Waals surface area (Å²) in [5.74, 6) is 0.169. The topological polar surface area (TPSA) is 62.3 Å². The lowest BCUT2D eigenvalue weighted by atomic mass is 9.95. The van der Waals surface area contributed by atoms with Gasteiger partial charge in [-0.25, -0.2) is 4.79 Å². The van der Waals surface area contributed by atoms with Gasteiger partial charge in [-0.15, -0.1) is 0 Å². The summed E-state index contributed by atoms with van der Waals surface area (Å²) in [6.45, 7) is 0. The molecule has 3 rings (SSSR count). The smallest absolute Gasteiger partial charge is 0.240 e. The Labute approximate surface area is 97.4 Å². The number of carbonyl (C=O) groups is 1. The number of nitrogens with zero attached hydrogens (tertiary/aromatic N) is 1. The second kappa shape index (κ2) is 3.68. The highest BCUT2D eigenvalue weighted by molar-refractivity contribution is 6.03. The molecule has 0 saturated carbocycles. The molecule has 1 heterocycles. The average Bonchev–Trinajstić information content (AvgIpc) is 2.69. The Kier molecular flexibility index (Phi) is 2.16. The maximum Gasteiger partial charge on any atom is 0.240 e. The minimum atomic E-state index is 0.169. The first-order valence-corrected chi connectivity index (χ1v) is 5.55.